The summed E-state index contributed by atoms with van der Waals surface area (Å²) in [7, 11) is -2.63. The Hall–Kier alpha value is -0.240. The van der Waals surface area contributed by atoms with Gasteiger partial charge in [0, 0.05) is 5.41 Å². The van der Waals surface area contributed by atoms with Crippen LogP contribution in [0.1, 0.15) is 12.5 Å². The molecule has 28 heavy (non-hydrogen) atoms. The van der Waals surface area contributed by atoms with Crippen molar-refractivity contribution >= 4 is 16.8 Å². The summed E-state index contributed by atoms with van der Waals surface area (Å²) < 4.78 is 35.2. The van der Waals surface area contributed by atoms with E-state index in [1.165, 1.54) is 0 Å². The predicted octanol–water partition coefficient (Wildman–Crippen LogP) is 2.33. The van der Waals surface area contributed by atoms with Crippen LogP contribution in [0.5, 0.6) is 0 Å². The van der Waals surface area contributed by atoms with Crippen molar-refractivity contribution in [3.63, 3.8) is 0 Å². The summed E-state index contributed by atoms with van der Waals surface area (Å²) in [6.07, 6.45) is -0.517. The molecule has 1 aromatic carbocycles. The summed E-state index contributed by atoms with van der Waals surface area (Å²) in [4.78, 5) is 0. The molecule has 0 radical (unpaired) electrons. The van der Waals surface area contributed by atoms with Gasteiger partial charge in [0.15, 0.2) is 23.0 Å². The van der Waals surface area contributed by atoms with E-state index in [1.54, 1.807) is 0 Å². The van der Waals surface area contributed by atoms with Gasteiger partial charge in [-0.2, -0.15) is 0 Å². The van der Waals surface area contributed by atoms with Crippen molar-refractivity contribution < 1.29 is 37.8 Å². The highest BCUT2D eigenvalue weighted by molar-refractivity contribution is 7.66. The summed E-state index contributed by atoms with van der Waals surface area (Å²) in [6, 6.07) is 10.0. The van der Waals surface area contributed by atoms with Gasteiger partial charge in [-0.25, -0.2) is 0 Å². The van der Waals surface area contributed by atoms with Gasteiger partial charge in [0.25, 0.3) is 0 Å². The SMILES string of the molecule is CC(COCCO)(c1ccccc1)C(P1OCCO1)P1OCC(OCCO)O1. The molecule has 0 aliphatic carbocycles. The molecule has 10 heteroatoms. The number of rotatable bonds is 11. The summed E-state index contributed by atoms with van der Waals surface area (Å²) in [6.45, 7) is 4.16. The second-order valence-electron chi connectivity index (χ2n) is 6.60. The van der Waals surface area contributed by atoms with Gasteiger partial charge >= 0.3 is 0 Å². The van der Waals surface area contributed by atoms with Crippen molar-refractivity contribution in [1.82, 2.24) is 0 Å². The van der Waals surface area contributed by atoms with E-state index in [2.05, 4.69) is 6.92 Å². The molecule has 2 saturated heterocycles. The Morgan fingerprint density at radius 1 is 1.07 bits per heavy atom. The van der Waals surface area contributed by atoms with Crippen molar-refractivity contribution in [2.24, 2.45) is 0 Å². The summed E-state index contributed by atoms with van der Waals surface area (Å²) in [5.74, 6) is 0. The number of aliphatic hydroxyl groups excluding tert-OH is 2. The largest absolute Gasteiger partial charge is 0.394 e. The zero-order valence-electron chi connectivity index (χ0n) is 15.9. The molecule has 2 fully saturated rings. The Labute approximate surface area is 167 Å². The molecule has 8 nitrogen and oxygen atoms in total. The van der Waals surface area contributed by atoms with Gasteiger partial charge in [-0.15, -0.1) is 0 Å². The third-order valence-corrected chi connectivity index (χ3v) is 9.31. The second kappa shape index (κ2) is 11.2. The van der Waals surface area contributed by atoms with Gasteiger partial charge in [-0.1, -0.05) is 37.3 Å². The van der Waals surface area contributed by atoms with Gasteiger partial charge in [0.1, 0.15) is 12.0 Å². The maximum atomic E-state index is 9.16. The first-order valence-electron chi connectivity index (χ1n) is 9.29. The van der Waals surface area contributed by atoms with Gasteiger partial charge in [-0.3, -0.25) is 0 Å². The number of hydrogen-bond acceptors (Lipinski definition) is 8. The topological polar surface area (TPSA) is 95.8 Å². The van der Waals surface area contributed by atoms with Crippen molar-refractivity contribution in [3.8, 4) is 0 Å². The minimum absolute atomic E-state index is 0.0455. The van der Waals surface area contributed by atoms with Gasteiger partial charge < -0.3 is 37.8 Å². The molecule has 0 saturated carbocycles. The van der Waals surface area contributed by atoms with E-state index < -0.39 is 28.5 Å². The van der Waals surface area contributed by atoms with Crippen LogP contribution in [0.4, 0.5) is 0 Å². The Kier molecular flexibility index (Phi) is 9.00. The Balaban J connectivity index is 1.86. The highest BCUT2D eigenvalue weighted by Gasteiger charge is 2.53. The maximum absolute atomic E-state index is 9.16. The second-order valence-corrected chi connectivity index (χ2v) is 10.2. The van der Waals surface area contributed by atoms with Crippen LogP contribution in [0.2, 0.25) is 0 Å². The van der Waals surface area contributed by atoms with E-state index in [0.717, 1.165) is 5.56 Å². The molecule has 0 bridgehead atoms. The lowest BCUT2D eigenvalue weighted by Crippen LogP contribution is -2.40. The van der Waals surface area contributed by atoms with Crippen LogP contribution in [-0.4, -0.2) is 74.8 Å². The normalized spacial score (nSPS) is 26.4. The molecule has 2 aliphatic heterocycles. The molecule has 0 spiro atoms. The maximum Gasteiger partial charge on any atom is 0.187 e. The van der Waals surface area contributed by atoms with Crippen LogP contribution >= 0.6 is 16.8 Å². The molecule has 0 aromatic heterocycles. The molecule has 4 atom stereocenters. The Morgan fingerprint density at radius 3 is 2.46 bits per heavy atom. The first-order chi connectivity index (χ1) is 13.7. The van der Waals surface area contributed by atoms with Crippen molar-refractivity contribution in [3.05, 3.63) is 35.9 Å². The number of benzene rings is 1. The average molecular weight is 434 g/mol. The van der Waals surface area contributed by atoms with Crippen LogP contribution in [0.25, 0.3) is 0 Å². The number of aliphatic hydroxyl groups is 2. The first kappa shape index (κ1) is 22.4. The Bertz CT molecular complexity index is 574. The lowest BCUT2D eigenvalue weighted by Gasteiger charge is -2.40. The molecule has 0 amide bonds. The lowest BCUT2D eigenvalue weighted by atomic mass is 9.85. The molecule has 1 aromatic rings. The van der Waals surface area contributed by atoms with Gasteiger partial charge in [0.05, 0.1) is 46.2 Å². The van der Waals surface area contributed by atoms with E-state index in [1.807, 2.05) is 30.3 Å². The molecular weight excluding hydrogens is 406 g/mol. The Morgan fingerprint density at radius 2 is 1.79 bits per heavy atom. The average Bonchev–Trinajstić information content (AvgIpc) is 3.40. The fourth-order valence-electron chi connectivity index (χ4n) is 3.15. The van der Waals surface area contributed by atoms with Crippen molar-refractivity contribution in [2.75, 3.05) is 52.9 Å². The summed E-state index contributed by atoms with van der Waals surface area (Å²) in [5.41, 5.74) is 0.554. The highest BCUT2D eigenvalue weighted by atomic mass is 31.2. The van der Waals surface area contributed by atoms with E-state index in [-0.39, 0.29) is 31.8 Å². The fourth-order valence-corrected chi connectivity index (χ4v) is 7.71. The molecule has 2 heterocycles. The van der Waals surface area contributed by atoms with Gasteiger partial charge in [-0.05, 0) is 5.56 Å². The molecule has 158 valence electrons. The minimum atomic E-state index is -1.38. The first-order valence-corrected chi connectivity index (χ1v) is 11.8. The monoisotopic (exact) mass is 434 g/mol. The van der Waals surface area contributed by atoms with Crippen LogP contribution in [0.15, 0.2) is 30.3 Å². The number of hydrogen-bond donors (Lipinski definition) is 2. The van der Waals surface area contributed by atoms with Crippen LogP contribution in [0, 0.1) is 0 Å². The standard InChI is InChI=1S/C18H28O8P2/c1-18(14-21-9-7-19,15-5-3-2-4-6-15)17(27-23-11-12-24-27)28-25-13-16(26-28)22-10-8-20/h2-6,16-17,19-20H,7-14H2,1H3. The quantitative estimate of drug-likeness (QED) is 0.405. The zero-order chi connectivity index (χ0) is 19.8. The van der Waals surface area contributed by atoms with Crippen molar-refractivity contribution in [2.45, 2.75) is 24.0 Å². The van der Waals surface area contributed by atoms with E-state index >= 15 is 0 Å². The summed E-state index contributed by atoms with van der Waals surface area (Å²) >= 11 is 0. The number of ether oxygens (including phenoxy) is 2. The molecular formula is C18H28O8P2. The molecule has 4 unspecified atom stereocenters. The van der Waals surface area contributed by atoms with E-state index in [9.17, 15) is 0 Å². The third kappa shape index (κ3) is 5.46. The van der Waals surface area contributed by atoms with E-state index in [4.69, 9.17) is 37.8 Å². The van der Waals surface area contributed by atoms with E-state index in [0.29, 0.717) is 26.4 Å². The predicted molar refractivity (Wildman–Crippen MR) is 105 cm³/mol. The van der Waals surface area contributed by atoms with Crippen molar-refractivity contribution in [1.29, 1.82) is 0 Å². The molecule has 2 N–H and O–H groups in total. The minimum Gasteiger partial charge on any atom is -0.394 e. The highest BCUT2D eigenvalue weighted by Crippen LogP contribution is 2.69. The van der Waals surface area contributed by atoms with Gasteiger partial charge in [0.2, 0.25) is 0 Å². The lowest BCUT2D eigenvalue weighted by molar-refractivity contribution is -0.0753. The van der Waals surface area contributed by atoms with Crippen LogP contribution in [0.3, 0.4) is 0 Å². The zero-order valence-corrected chi connectivity index (χ0v) is 17.7. The fraction of sp³-hybridized carbons (Fsp3) is 0.667. The third-order valence-electron chi connectivity index (χ3n) is 4.51. The van der Waals surface area contributed by atoms with Crippen LogP contribution < -0.4 is 0 Å². The molecule has 2 aliphatic rings. The molecule has 3 rings (SSSR count). The summed E-state index contributed by atoms with van der Waals surface area (Å²) in [5, 5.41) is 17.9. The smallest absolute Gasteiger partial charge is 0.187 e. The van der Waals surface area contributed by atoms with Crippen LogP contribution in [-0.2, 0) is 33.0 Å².